The Bertz CT molecular complexity index is 355. The molecule has 0 radical (unpaired) electrons. The number of nitrogens with zero attached hydrogens (tertiary/aromatic N) is 2. The number of aryl methyl sites for hydroxylation is 1. The van der Waals surface area contributed by atoms with E-state index in [1.54, 1.807) is 0 Å². The highest BCUT2D eigenvalue weighted by Gasteiger charge is 2.02. The van der Waals surface area contributed by atoms with Crippen LogP contribution in [-0.4, -0.2) is 18.5 Å². The molecular weight excluding hydrogens is 196 g/mol. The van der Waals surface area contributed by atoms with E-state index in [0.29, 0.717) is 6.54 Å². The van der Waals surface area contributed by atoms with Crippen LogP contribution in [0.15, 0.2) is 18.2 Å². The van der Waals surface area contributed by atoms with Crippen LogP contribution in [0.5, 0.6) is 0 Å². The molecule has 2 nitrogen and oxygen atoms in total. The molecule has 0 aromatic heterocycles. The Morgan fingerprint density at radius 2 is 2.21 bits per heavy atom. The topological polar surface area (TPSA) is 27.0 Å². The first-order chi connectivity index (χ1) is 6.63. The normalized spacial score (nSPS) is 10.2. The summed E-state index contributed by atoms with van der Waals surface area (Å²) in [5.74, 6) is 0. The van der Waals surface area contributed by atoms with E-state index in [1.807, 2.05) is 37.1 Å². The molecule has 0 aliphatic rings. The van der Waals surface area contributed by atoms with Crippen molar-refractivity contribution in [3.05, 3.63) is 34.3 Å². The summed E-state index contributed by atoms with van der Waals surface area (Å²) in [7, 11) is 1.93. The standard InChI is InChI=1S/C11H13ClN2/c1-9-7-11(12)4-3-10(9)8-14(2)6-5-13/h3-4,7H,6,8H2,1-2H3. The SMILES string of the molecule is Cc1cc(Cl)ccc1CN(C)CC#N. The highest BCUT2D eigenvalue weighted by Crippen LogP contribution is 2.16. The van der Waals surface area contributed by atoms with Gasteiger partial charge in [-0.05, 0) is 37.2 Å². The second-order valence-electron chi connectivity index (χ2n) is 3.40. The van der Waals surface area contributed by atoms with Gasteiger partial charge in [0.2, 0.25) is 0 Å². The molecule has 0 amide bonds. The van der Waals surface area contributed by atoms with Crippen molar-refractivity contribution in [1.29, 1.82) is 5.26 Å². The van der Waals surface area contributed by atoms with Crippen LogP contribution in [0.2, 0.25) is 5.02 Å². The van der Waals surface area contributed by atoms with Crippen molar-refractivity contribution in [3.63, 3.8) is 0 Å². The summed E-state index contributed by atoms with van der Waals surface area (Å²) >= 11 is 5.85. The van der Waals surface area contributed by atoms with Gasteiger partial charge in [-0.2, -0.15) is 5.26 Å². The predicted octanol–water partition coefficient (Wildman–Crippen LogP) is 2.60. The minimum Gasteiger partial charge on any atom is -0.289 e. The van der Waals surface area contributed by atoms with Gasteiger partial charge in [-0.25, -0.2) is 0 Å². The summed E-state index contributed by atoms with van der Waals surface area (Å²) in [6.07, 6.45) is 0. The number of nitriles is 1. The zero-order chi connectivity index (χ0) is 10.6. The predicted molar refractivity (Wildman–Crippen MR) is 58.1 cm³/mol. The van der Waals surface area contributed by atoms with Crippen LogP contribution in [-0.2, 0) is 6.54 Å². The lowest BCUT2D eigenvalue weighted by Gasteiger charge is -2.14. The third-order valence-corrected chi connectivity index (χ3v) is 2.32. The van der Waals surface area contributed by atoms with Crippen LogP contribution in [0, 0.1) is 18.3 Å². The molecule has 3 heteroatoms. The lowest BCUT2D eigenvalue weighted by molar-refractivity contribution is 0.366. The summed E-state index contributed by atoms with van der Waals surface area (Å²) < 4.78 is 0. The molecule has 74 valence electrons. The van der Waals surface area contributed by atoms with E-state index in [4.69, 9.17) is 16.9 Å². The Labute approximate surface area is 89.7 Å². The summed E-state index contributed by atoms with van der Waals surface area (Å²) in [6.45, 7) is 3.26. The van der Waals surface area contributed by atoms with Gasteiger partial charge in [0.15, 0.2) is 0 Å². The molecule has 0 saturated carbocycles. The van der Waals surface area contributed by atoms with E-state index in [-0.39, 0.29) is 0 Å². The van der Waals surface area contributed by atoms with Crippen molar-refractivity contribution >= 4 is 11.6 Å². The first-order valence-corrected chi connectivity index (χ1v) is 4.82. The number of benzene rings is 1. The van der Waals surface area contributed by atoms with Crippen molar-refractivity contribution in [2.45, 2.75) is 13.5 Å². The van der Waals surface area contributed by atoms with Gasteiger partial charge >= 0.3 is 0 Å². The summed E-state index contributed by atoms with van der Waals surface area (Å²) in [6, 6.07) is 7.94. The molecule has 0 bridgehead atoms. The molecule has 0 spiro atoms. The fraction of sp³-hybridized carbons (Fsp3) is 0.364. The molecular formula is C11H13ClN2. The Morgan fingerprint density at radius 1 is 1.50 bits per heavy atom. The molecule has 1 aromatic carbocycles. The zero-order valence-corrected chi connectivity index (χ0v) is 9.17. The number of hydrogen-bond donors (Lipinski definition) is 0. The number of halogens is 1. The molecule has 0 N–H and O–H groups in total. The average molecular weight is 209 g/mol. The second-order valence-corrected chi connectivity index (χ2v) is 3.84. The van der Waals surface area contributed by atoms with Gasteiger partial charge in [-0.1, -0.05) is 17.7 Å². The highest BCUT2D eigenvalue weighted by atomic mass is 35.5. The lowest BCUT2D eigenvalue weighted by Crippen LogP contribution is -2.18. The number of hydrogen-bond acceptors (Lipinski definition) is 2. The van der Waals surface area contributed by atoms with Crippen LogP contribution >= 0.6 is 11.6 Å². The maximum absolute atomic E-state index is 8.52. The van der Waals surface area contributed by atoms with Crippen molar-refractivity contribution in [3.8, 4) is 6.07 Å². The van der Waals surface area contributed by atoms with Gasteiger partial charge < -0.3 is 0 Å². The van der Waals surface area contributed by atoms with E-state index in [1.165, 1.54) is 11.1 Å². The smallest absolute Gasteiger partial charge is 0.0866 e. The Hall–Kier alpha value is -1.04. The van der Waals surface area contributed by atoms with Crippen molar-refractivity contribution < 1.29 is 0 Å². The fourth-order valence-electron chi connectivity index (χ4n) is 1.30. The van der Waals surface area contributed by atoms with Gasteiger partial charge in [0.25, 0.3) is 0 Å². The molecule has 14 heavy (non-hydrogen) atoms. The van der Waals surface area contributed by atoms with E-state index >= 15 is 0 Å². The van der Waals surface area contributed by atoms with Gasteiger partial charge in [-0.3, -0.25) is 4.90 Å². The fourth-order valence-corrected chi connectivity index (χ4v) is 1.53. The van der Waals surface area contributed by atoms with Crippen LogP contribution in [0.25, 0.3) is 0 Å². The molecule has 0 heterocycles. The minimum absolute atomic E-state index is 0.446. The van der Waals surface area contributed by atoms with E-state index < -0.39 is 0 Å². The lowest BCUT2D eigenvalue weighted by atomic mass is 10.1. The van der Waals surface area contributed by atoms with Crippen LogP contribution in [0.1, 0.15) is 11.1 Å². The second kappa shape index (κ2) is 4.99. The molecule has 0 saturated heterocycles. The quantitative estimate of drug-likeness (QED) is 0.714. The van der Waals surface area contributed by atoms with E-state index in [0.717, 1.165) is 11.6 Å². The molecule has 1 rings (SSSR count). The zero-order valence-electron chi connectivity index (χ0n) is 8.42. The maximum Gasteiger partial charge on any atom is 0.0866 e. The van der Waals surface area contributed by atoms with E-state index in [9.17, 15) is 0 Å². The van der Waals surface area contributed by atoms with Crippen LogP contribution < -0.4 is 0 Å². The first-order valence-electron chi connectivity index (χ1n) is 4.44. The maximum atomic E-state index is 8.52. The summed E-state index contributed by atoms with van der Waals surface area (Å²) in [5, 5.41) is 9.27. The molecule has 0 aliphatic carbocycles. The molecule has 1 aromatic rings. The average Bonchev–Trinajstić information content (AvgIpc) is 2.10. The van der Waals surface area contributed by atoms with Gasteiger partial charge in [0, 0.05) is 11.6 Å². The Balaban J connectivity index is 2.73. The molecule has 0 fully saturated rings. The summed E-state index contributed by atoms with van der Waals surface area (Å²) in [5.41, 5.74) is 2.38. The Morgan fingerprint density at radius 3 is 2.79 bits per heavy atom. The largest absolute Gasteiger partial charge is 0.289 e. The molecule has 0 atom stereocenters. The van der Waals surface area contributed by atoms with Crippen molar-refractivity contribution in [1.82, 2.24) is 4.90 Å². The first kappa shape index (κ1) is 11.0. The van der Waals surface area contributed by atoms with Crippen LogP contribution in [0.3, 0.4) is 0 Å². The van der Waals surface area contributed by atoms with Crippen LogP contribution in [0.4, 0.5) is 0 Å². The molecule has 0 unspecified atom stereocenters. The van der Waals surface area contributed by atoms with Gasteiger partial charge in [0.05, 0.1) is 12.6 Å². The number of rotatable bonds is 3. The molecule has 0 aliphatic heterocycles. The van der Waals surface area contributed by atoms with Crippen molar-refractivity contribution in [2.24, 2.45) is 0 Å². The highest BCUT2D eigenvalue weighted by molar-refractivity contribution is 6.30. The van der Waals surface area contributed by atoms with E-state index in [2.05, 4.69) is 6.07 Å². The summed E-state index contributed by atoms with van der Waals surface area (Å²) in [4.78, 5) is 1.97. The minimum atomic E-state index is 0.446. The monoisotopic (exact) mass is 208 g/mol. The van der Waals surface area contributed by atoms with Gasteiger partial charge in [0.1, 0.15) is 0 Å². The Kier molecular flexibility index (Phi) is 3.94. The van der Waals surface area contributed by atoms with Gasteiger partial charge in [-0.15, -0.1) is 0 Å². The third-order valence-electron chi connectivity index (χ3n) is 2.09. The third kappa shape index (κ3) is 3.02. The van der Waals surface area contributed by atoms with Crippen molar-refractivity contribution in [2.75, 3.05) is 13.6 Å².